The van der Waals surface area contributed by atoms with Crippen LogP contribution in [0.3, 0.4) is 0 Å². The van der Waals surface area contributed by atoms with Crippen molar-refractivity contribution in [2.24, 2.45) is 0 Å². The number of likely N-dealkylation sites (tertiary alicyclic amines) is 1. The fourth-order valence-corrected chi connectivity index (χ4v) is 1.62. The van der Waals surface area contributed by atoms with E-state index >= 15 is 0 Å². The summed E-state index contributed by atoms with van der Waals surface area (Å²) in [6, 6.07) is 0.139. The second kappa shape index (κ2) is 4.30. The predicted octanol–water partition coefficient (Wildman–Crippen LogP) is 1.71. The highest BCUT2D eigenvalue weighted by atomic mass is 16.2. The maximum absolute atomic E-state index is 11.7. The van der Waals surface area contributed by atoms with Crippen molar-refractivity contribution in [3.8, 4) is 0 Å². The predicted molar refractivity (Wildman–Crippen MR) is 53.6 cm³/mol. The van der Waals surface area contributed by atoms with Crippen molar-refractivity contribution in [3.63, 3.8) is 0 Å². The Bertz CT molecular complexity index is 207. The Morgan fingerprint density at radius 2 is 2.00 bits per heavy atom. The first-order valence-electron chi connectivity index (χ1n) is 4.75. The summed E-state index contributed by atoms with van der Waals surface area (Å²) in [5.41, 5.74) is 1.02. The number of hydrogen-bond acceptors (Lipinski definition) is 1. The topological polar surface area (TPSA) is 23.6 Å². The van der Waals surface area contributed by atoms with Crippen LogP contribution in [0.4, 0.5) is 4.79 Å². The van der Waals surface area contributed by atoms with Crippen molar-refractivity contribution in [2.75, 3.05) is 26.7 Å². The standard InChI is InChI=1S/C10H18N2O/c1-9(2)8-11(3)10(13)12-6-4-5-7-12/h1,4-8H2,2-3H3. The Hall–Kier alpha value is -0.990. The van der Waals surface area contributed by atoms with Gasteiger partial charge in [0.2, 0.25) is 0 Å². The highest BCUT2D eigenvalue weighted by molar-refractivity contribution is 5.74. The largest absolute Gasteiger partial charge is 0.325 e. The summed E-state index contributed by atoms with van der Waals surface area (Å²) in [6.07, 6.45) is 2.29. The molecule has 0 aromatic heterocycles. The Kier molecular flexibility index (Phi) is 3.34. The molecule has 2 amide bonds. The van der Waals surface area contributed by atoms with Gasteiger partial charge in [0.05, 0.1) is 0 Å². The fraction of sp³-hybridized carbons (Fsp3) is 0.700. The van der Waals surface area contributed by atoms with Crippen LogP contribution in [-0.2, 0) is 0 Å². The van der Waals surface area contributed by atoms with E-state index in [1.165, 1.54) is 0 Å². The summed E-state index contributed by atoms with van der Waals surface area (Å²) in [7, 11) is 1.83. The molecule has 13 heavy (non-hydrogen) atoms. The van der Waals surface area contributed by atoms with Crippen LogP contribution in [0, 0.1) is 0 Å². The summed E-state index contributed by atoms with van der Waals surface area (Å²) in [5.74, 6) is 0. The van der Waals surface area contributed by atoms with Gasteiger partial charge in [0, 0.05) is 26.7 Å². The summed E-state index contributed by atoms with van der Waals surface area (Å²) in [6.45, 7) is 8.22. The quantitative estimate of drug-likeness (QED) is 0.596. The van der Waals surface area contributed by atoms with E-state index in [1.54, 1.807) is 4.90 Å². The monoisotopic (exact) mass is 182 g/mol. The van der Waals surface area contributed by atoms with Gasteiger partial charge in [-0.1, -0.05) is 12.2 Å². The zero-order chi connectivity index (χ0) is 9.84. The van der Waals surface area contributed by atoms with Crippen LogP contribution in [0.25, 0.3) is 0 Å². The van der Waals surface area contributed by atoms with Crippen molar-refractivity contribution in [1.29, 1.82) is 0 Å². The van der Waals surface area contributed by atoms with Gasteiger partial charge in [0.1, 0.15) is 0 Å². The van der Waals surface area contributed by atoms with Crippen LogP contribution in [-0.4, -0.2) is 42.5 Å². The molecule has 0 spiro atoms. The number of carbonyl (C=O) groups is 1. The first-order chi connectivity index (χ1) is 6.11. The summed E-state index contributed by atoms with van der Waals surface area (Å²) in [5, 5.41) is 0. The molecule has 74 valence electrons. The van der Waals surface area contributed by atoms with Crippen molar-refractivity contribution in [3.05, 3.63) is 12.2 Å². The van der Waals surface area contributed by atoms with E-state index in [1.807, 2.05) is 18.9 Å². The van der Waals surface area contributed by atoms with Crippen LogP contribution in [0.15, 0.2) is 12.2 Å². The van der Waals surface area contributed by atoms with Crippen molar-refractivity contribution in [2.45, 2.75) is 19.8 Å². The number of hydrogen-bond donors (Lipinski definition) is 0. The Labute approximate surface area is 80.0 Å². The number of rotatable bonds is 2. The van der Waals surface area contributed by atoms with Gasteiger partial charge in [-0.15, -0.1) is 0 Å². The van der Waals surface area contributed by atoms with Crippen LogP contribution in [0.5, 0.6) is 0 Å². The SMILES string of the molecule is C=C(C)CN(C)C(=O)N1CCCC1. The normalized spacial score (nSPS) is 16.0. The molecule has 0 aromatic carbocycles. The molecule has 1 fully saturated rings. The third-order valence-corrected chi connectivity index (χ3v) is 2.21. The maximum Gasteiger partial charge on any atom is 0.320 e. The number of urea groups is 1. The van der Waals surface area contributed by atoms with Gasteiger partial charge >= 0.3 is 6.03 Å². The van der Waals surface area contributed by atoms with Gasteiger partial charge < -0.3 is 9.80 Å². The highest BCUT2D eigenvalue weighted by Gasteiger charge is 2.20. The smallest absolute Gasteiger partial charge is 0.320 e. The van der Waals surface area contributed by atoms with Gasteiger partial charge in [-0.2, -0.15) is 0 Å². The molecule has 1 saturated heterocycles. The Balaban J connectivity index is 2.41. The van der Waals surface area contributed by atoms with E-state index in [0.717, 1.165) is 31.5 Å². The van der Waals surface area contributed by atoms with Gasteiger partial charge in [-0.25, -0.2) is 4.79 Å². The third-order valence-electron chi connectivity index (χ3n) is 2.21. The highest BCUT2D eigenvalue weighted by Crippen LogP contribution is 2.10. The molecule has 0 bridgehead atoms. The van der Waals surface area contributed by atoms with Crippen LogP contribution < -0.4 is 0 Å². The molecular weight excluding hydrogens is 164 g/mol. The second-order valence-electron chi connectivity index (χ2n) is 3.79. The van der Waals surface area contributed by atoms with Gasteiger partial charge in [0.25, 0.3) is 0 Å². The van der Waals surface area contributed by atoms with Crippen molar-refractivity contribution in [1.82, 2.24) is 9.80 Å². The van der Waals surface area contributed by atoms with Gasteiger partial charge in [-0.3, -0.25) is 0 Å². The van der Waals surface area contributed by atoms with Crippen LogP contribution in [0.2, 0.25) is 0 Å². The zero-order valence-electron chi connectivity index (χ0n) is 8.55. The zero-order valence-corrected chi connectivity index (χ0v) is 8.55. The minimum atomic E-state index is 0.139. The molecule has 0 aromatic rings. The van der Waals surface area contributed by atoms with E-state index in [9.17, 15) is 4.79 Å². The maximum atomic E-state index is 11.7. The van der Waals surface area contributed by atoms with Crippen LogP contribution in [0.1, 0.15) is 19.8 Å². The van der Waals surface area contributed by atoms with Gasteiger partial charge in [-0.05, 0) is 19.8 Å². The molecule has 1 rings (SSSR count). The van der Waals surface area contributed by atoms with Gasteiger partial charge in [0.15, 0.2) is 0 Å². The first-order valence-corrected chi connectivity index (χ1v) is 4.75. The molecule has 1 aliphatic rings. The van der Waals surface area contributed by atoms with Crippen LogP contribution >= 0.6 is 0 Å². The lowest BCUT2D eigenvalue weighted by molar-refractivity contribution is 0.176. The number of amides is 2. The molecule has 3 heteroatoms. The first kappa shape index (κ1) is 10.1. The average molecular weight is 182 g/mol. The molecule has 0 unspecified atom stereocenters. The second-order valence-corrected chi connectivity index (χ2v) is 3.79. The lowest BCUT2D eigenvalue weighted by atomic mass is 10.3. The van der Waals surface area contributed by atoms with E-state index in [0.29, 0.717) is 6.54 Å². The minimum absolute atomic E-state index is 0.139. The molecule has 3 nitrogen and oxygen atoms in total. The summed E-state index contributed by atoms with van der Waals surface area (Å²) < 4.78 is 0. The van der Waals surface area contributed by atoms with E-state index in [-0.39, 0.29) is 6.03 Å². The van der Waals surface area contributed by atoms with E-state index in [2.05, 4.69) is 6.58 Å². The van der Waals surface area contributed by atoms with E-state index < -0.39 is 0 Å². The van der Waals surface area contributed by atoms with E-state index in [4.69, 9.17) is 0 Å². The minimum Gasteiger partial charge on any atom is -0.325 e. The molecule has 1 aliphatic heterocycles. The van der Waals surface area contributed by atoms with Crippen molar-refractivity contribution >= 4 is 6.03 Å². The lowest BCUT2D eigenvalue weighted by Crippen LogP contribution is -2.39. The number of carbonyl (C=O) groups excluding carboxylic acids is 1. The summed E-state index contributed by atoms with van der Waals surface area (Å²) in [4.78, 5) is 15.3. The number of nitrogens with zero attached hydrogens (tertiary/aromatic N) is 2. The fourth-order valence-electron chi connectivity index (χ4n) is 1.62. The molecule has 1 heterocycles. The molecule has 0 atom stereocenters. The molecule has 0 aliphatic carbocycles. The lowest BCUT2D eigenvalue weighted by Gasteiger charge is -2.24. The third kappa shape index (κ3) is 2.76. The molecule has 0 saturated carbocycles. The summed E-state index contributed by atoms with van der Waals surface area (Å²) >= 11 is 0. The van der Waals surface area contributed by atoms with Crippen molar-refractivity contribution < 1.29 is 4.79 Å². The molecule has 0 N–H and O–H groups in total. The molecular formula is C10H18N2O. The Morgan fingerprint density at radius 1 is 1.46 bits per heavy atom. The number of likely N-dealkylation sites (N-methyl/N-ethyl adjacent to an activating group) is 1. The average Bonchev–Trinajstić information content (AvgIpc) is 2.53. The molecule has 0 radical (unpaired) electrons. The Morgan fingerprint density at radius 3 is 2.46 bits per heavy atom.